The molecular weight excluding hydrogens is 252 g/mol. The number of ether oxygens (including phenoxy) is 1. The number of halogens is 1. The van der Waals surface area contributed by atoms with Gasteiger partial charge >= 0.3 is 5.97 Å². The summed E-state index contributed by atoms with van der Waals surface area (Å²) in [6.07, 6.45) is 5.51. The van der Waals surface area contributed by atoms with Crippen LogP contribution in [0.2, 0.25) is 5.15 Å². The molecular formula is C13H17ClN2O2. The summed E-state index contributed by atoms with van der Waals surface area (Å²) in [5, 5.41) is 7.66. The molecule has 2 unspecified atom stereocenters. The van der Waals surface area contributed by atoms with Crippen molar-refractivity contribution in [1.82, 2.24) is 10.2 Å². The van der Waals surface area contributed by atoms with Crippen molar-refractivity contribution >= 4 is 17.6 Å². The van der Waals surface area contributed by atoms with E-state index in [9.17, 15) is 4.79 Å². The molecule has 5 heteroatoms. The Labute approximate surface area is 112 Å². The van der Waals surface area contributed by atoms with Gasteiger partial charge in [0.1, 0.15) is 6.10 Å². The molecule has 1 aromatic rings. The lowest BCUT2D eigenvalue weighted by atomic mass is 9.85. The van der Waals surface area contributed by atoms with E-state index in [0.29, 0.717) is 5.92 Å². The van der Waals surface area contributed by atoms with Gasteiger partial charge in [0.25, 0.3) is 0 Å². The van der Waals surface area contributed by atoms with Crippen LogP contribution in [0.15, 0.2) is 12.1 Å². The standard InChI is InChI=1S/C13H17ClN2O2/c1-2-9-5-3-4-6-11(9)18-13(17)10-7-8-12(14)16-15-10/h7-9,11H,2-6H2,1H3. The molecule has 18 heavy (non-hydrogen) atoms. The Hall–Kier alpha value is -1.16. The number of rotatable bonds is 3. The van der Waals surface area contributed by atoms with Crippen LogP contribution in [0, 0.1) is 5.92 Å². The lowest BCUT2D eigenvalue weighted by molar-refractivity contribution is 0.00000590. The second-order valence-electron chi connectivity index (χ2n) is 4.64. The van der Waals surface area contributed by atoms with Gasteiger partial charge in [0.15, 0.2) is 10.8 Å². The van der Waals surface area contributed by atoms with Gasteiger partial charge in [-0.2, -0.15) is 0 Å². The zero-order valence-electron chi connectivity index (χ0n) is 10.4. The Morgan fingerprint density at radius 2 is 2.17 bits per heavy atom. The van der Waals surface area contributed by atoms with Crippen LogP contribution in [0.4, 0.5) is 0 Å². The molecule has 0 saturated heterocycles. The van der Waals surface area contributed by atoms with Crippen molar-refractivity contribution in [3.63, 3.8) is 0 Å². The van der Waals surface area contributed by atoms with Gasteiger partial charge in [-0.3, -0.25) is 0 Å². The largest absolute Gasteiger partial charge is 0.457 e. The Morgan fingerprint density at radius 3 is 2.83 bits per heavy atom. The molecule has 1 aliphatic carbocycles. The maximum Gasteiger partial charge on any atom is 0.359 e. The van der Waals surface area contributed by atoms with E-state index in [-0.39, 0.29) is 17.0 Å². The molecule has 1 heterocycles. The van der Waals surface area contributed by atoms with E-state index in [4.69, 9.17) is 16.3 Å². The van der Waals surface area contributed by atoms with Crippen molar-refractivity contribution < 1.29 is 9.53 Å². The minimum atomic E-state index is -0.399. The average molecular weight is 269 g/mol. The fraction of sp³-hybridized carbons (Fsp3) is 0.615. The topological polar surface area (TPSA) is 52.1 Å². The van der Waals surface area contributed by atoms with E-state index in [2.05, 4.69) is 17.1 Å². The maximum atomic E-state index is 11.9. The molecule has 1 saturated carbocycles. The Balaban J connectivity index is 1.99. The molecule has 4 nitrogen and oxygen atoms in total. The molecule has 1 aromatic heterocycles. The summed E-state index contributed by atoms with van der Waals surface area (Å²) < 4.78 is 5.54. The van der Waals surface area contributed by atoms with Gasteiger partial charge in [0.05, 0.1) is 0 Å². The number of carbonyl (C=O) groups excluding carboxylic acids is 1. The second-order valence-corrected chi connectivity index (χ2v) is 5.03. The SMILES string of the molecule is CCC1CCCCC1OC(=O)c1ccc(Cl)nn1. The Kier molecular flexibility index (Phi) is 4.53. The van der Waals surface area contributed by atoms with Crippen LogP contribution in [-0.4, -0.2) is 22.3 Å². The third-order valence-electron chi connectivity index (χ3n) is 3.46. The first-order valence-electron chi connectivity index (χ1n) is 6.41. The van der Waals surface area contributed by atoms with Crippen LogP contribution >= 0.6 is 11.6 Å². The molecule has 0 aliphatic heterocycles. The van der Waals surface area contributed by atoms with Crippen molar-refractivity contribution in [1.29, 1.82) is 0 Å². The van der Waals surface area contributed by atoms with Crippen LogP contribution in [-0.2, 0) is 4.74 Å². The number of nitrogens with zero attached hydrogens (tertiary/aromatic N) is 2. The molecule has 98 valence electrons. The predicted molar refractivity (Wildman–Crippen MR) is 68.5 cm³/mol. The number of hydrogen-bond acceptors (Lipinski definition) is 4. The zero-order valence-corrected chi connectivity index (χ0v) is 11.2. The summed E-state index contributed by atoms with van der Waals surface area (Å²) in [6, 6.07) is 3.09. The minimum absolute atomic E-state index is 0.0220. The third kappa shape index (κ3) is 3.19. The van der Waals surface area contributed by atoms with E-state index in [0.717, 1.165) is 25.7 Å². The van der Waals surface area contributed by atoms with Gasteiger partial charge in [-0.15, -0.1) is 10.2 Å². The smallest absolute Gasteiger partial charge is 0.359 e. The van der Waals surface area contributed by atoms with Gasteiger partial charge < -0.3 is 4.74 Å². The van der Waals surface area contributed by atoms with E-state index in [1.807, 2.05) is 0 Å². The van der Waals surface area contributed by atoms with Gasteiger partial charge in [0.2, 0.25) is 0 Å². The quantitative estimate of drug-likeness (QED) is 0.790. The van der Waals surface area contributed by atoms with Crippen molar-refractivity contribution in [3.05, 3.63) is 23.0 Å². The van der Waals surface area contributed by atoms with Gasteiger partial charge in [-0.05, 0) is 43.7 Å². The van der Waals surface area contributed by atoms with Gasteiger partial charge in [-0.25, -0.2) is 4.79 Å². The second kappa shape index (κ2) is 6.14. The highest BCUT2D eigenvalue weighted by Gasteiger charge is 2.27. The van der Waals surface area contributed by atoms with Crippen LogP contribution in [0.3, 0.4) is 0 Å². The first kappa shape index (κ1) is 13.3. The predicted octanol–water partition coefficient (Wildman–Crippen LogP) is 3.26. The monoisotopic (exact) mass is 268 g/mol. The summed E-state index contributed by atoms with van der Waals surface area (Å²) in [6.45, 7) is 2.14. The lowest BCUT2D eigenvalue weighted by Gasteiger charge is -2.30. The molecule has 1 aliphatic rings. The first-order valence-corrected chi connectivity index (χ1v) is 6.78. The minimum Gasteiger partial charge on any atom is -0.457 e. The zero-order chi connectivity index (χ0) is 13.0. The number of aromatic nitrogens is 2. The molecule has 0 amide bonds. The van der Waals surface area contributed by atoms with Crippen molar-refractivity contribution in [3.8, 4) is 0 Å². The first-order chi connectivity index (χ1) is 8.70. The maximum absolute atomic E-state index is 11.9. The highest BCUT2D eigenvalue weighted by atomic mass is 35.5. The van der Waals surface area contributed by atoms with Crippen LogP contribution < -0.4 is 0 Å². The van der Waals surface area contributed by atoms with Crippen molar-refractivity contribution in [2.45, 2.75) is 45.1 Å². The molecule has 2 atom stereocenters. The number of hydrogen-bond donors (Lipinski definition) is 0. The van der Waals surface area contributed by atoms with Crippen LogP contribution in [0.25, 0.3) is 0 Å². The molecule has 0 aromatic carbocycles. The highest BCUT2D eigenvalue weighted by molar-refractivity contribution is 6.29. The molecule has 1 fully saturated rings. The summed E-state index contributed by atoms with van der Waals surface area (Å²) in [7, 11) is 0. The number of esters is 1. The van der Waals surface area contributed by atoms with Gasteiger partial charge in [-0.1, -0.05) is 24.9 Å². The average Bonchev–Trinajstić information content (AvgIpc) is 2.40. The van der Waals surface area contributed by atoms with Crippen molar-refractivity contribution in [2.24, 2.45) is 5.92 Å². The fourth-order valence-electron chi connectivity index (χ4n) is 2.42. The molecule has 0 N–H and O–H groups in total. The molecule has 0 bridgehead atoms. The van der Waals surface area contributed by atoms with E-state index < -0.39 is 5.97 Å². The Bertz CT molecular complexity index is 408. The van der Waals surface area contributed by atoms with Crippen molar-refractivity contribution in [2.75, 3.05) is 0 Å². The summed E-state index contributed by atoms with van der Waals surface area (Å²) >= 11 is 5.63. The Morgan fingerprint density at radius 1 is 1.39 bits per heavy atom. The number of carbonyl (C=O) groups is 1. The summed E-state index contributed by atoms with van der Waals surface area (Å²) in [5.74, 6) is 0.0764. The molecule has 0 radical (unpaired) electrons. The lowest BCUT2D eigenvalue weighted by Crippen LogP contribution is -2.30. The van der Waals surface area contributed by atoms with Gasteiger partial charge in [0, 0.05) is 0 Å². The van der Waals surface area contributed by atoms with E-state index in [1.165, 1.54) is 6.42 Å². The fourth-order valence-corrected chi connectivity index (χ4v) is 2.52. The molecule has 2 rings (SSSR count). The van der Waals surface area contributed by atoms with Crippen LogP contribution in [0.1, 0.15) is 49.5 Å². The third-order valence-corrected chi connectivity index (χ3v) is 3.66. The summed E-state index contributed by atoms with van der Waals surface area (Å²) in [5.41, 5.74) is 0.222. The normalized spacial score (nSPS) is 23.7. The van der Waals surface area contributed by atoms with E-state index in [1.54, 1.807) is 12.1 Å². The summed E-state index contributed by atoms with van der Waals surface area (Å²) in [4.78, 5) is 11.9. The highest BCUT2D eigenvalue weighted by Crippen LogP contribution is 2.29. The van der Waals surface area contributed by atoms with E-state index >= 15 is 0 Å². The van der Waals surface area contributed by atoms with Crippen LogP contribution in [0.5, 0.6) is 0 Å². The molecule has 0 spiro atoms.